The molecule has 2 heterocycles. The Bertz CT molecular complexity index is 1290. The number of aromatic nitrogens is 3. The average Bonchev–Trinajstić information content (AvgIpc) is 2.74. The van der Waals surface area contributed by atoms with Crippen LogP contribution in [-0.4, -0.2) is 20.0 Å². The smallest absolute Gasteiger partial charge is 0.323 e. The van der Waals surface area contributed by atoms with E-state index >= 15 is 0 Å². The van der Waals surface area contributed by atoms with Crippen LogP contribution >= 0.6 is 0 Å². The number of nitrogens with one attached hydrogen (secondary N) is 1. The van der Waals surface area contributed by atoms with E-state index in [0.29, 0.717) is 17.7 Å². The van der Waals surface area contributed by atoms with Gasteiger partial charge in [-0.15, -0.1) is 0 Å². The zero-order valence-corrected chi connectivity index (χ0v) is 15.5. The number of benzene rings is 2. The Kier molecular flexibility index (Phi) is 5.03. The van der Waals surface area contributed by atoms with Crippen molar-refractivity contribution in [1.29, 1.82) is 0 Å². The largest absolute Gasteiger partial charge is 0.331 e. The zero-order valence-electron chi connectivity index (χ0n) is 15.5. The van der Waals surface area contributed by atoms with Gasteiger partial charge in [0.1, 0.15) is 6.54 Å². The summed E-state index contributed by atoms with van der Waals surface area (Å²) in [4.78, 5) is 41.8. The average molecular weight is 386 g/mol. The summed E-state index contributed by atoms with van der Waals surface area (Å²) in [5.41, 5.74) is 1.04. The van der Waals surface area contributed by atoms with Crippen LogP contribution in [0.1, 0.15) is 5.56 Å². The fraction of sp³-hybridized carbons (Fsp3) is 0.0909. The van der Waals surface area contributed by atoms with Gasteiger partial charge in [-0.2, -0.15) is 0 Å². The van der Waals surface area contributed by atoms with Crippen molar-refractivity contribution in [1.82, 2.24) is 14.1 Å². The van der Waals surface area contributed by atoms with Gasteiger partial charge in [-0.1, -0.05) is 48.5 Å². The molecule has 0 radical (unpaired) electrons. The second kappa shape index (κ2) is 7.93. The van der Waals surface area contributed by atoms with Gasteiger partial charge in [-0.3, -0.25) is 23.7 Å². The molecule has 4 aromatic rings. The van der Waals surface area contributed by atoms with Gasteiger partial charge in [0, 0.05) is 23.8 Å². The third kappa shape index (κ3) is 3.98. The highest BCUT2D eigenvalue weighted by Gasteiger charge is 2.12. The number of pyridine rings is 1. The van der Waals surface area contributed by atoms with Gasteiger partial charge in [-0.25, -0.2) is 4.79 Å². The van der Waals surface area contributed by atoms with Gasteiger partial charge < -0.3 is 5.32 Å². The van der Waals surface area contributed by atoms with E-state index in [1.165, 1.54) is 16.8 Å². The predicted octanol–water partition coefficient (Wildman–Crippen LogP) is 2.25. The number of carbonyl (C=O) groups is 1. The fourth-order valence-corrected chi connectivity index (χ4v) is 3.14. The first-order valence-electron chi connectivity index (χ1n) is 9.09. The first-order valence-corrected chi connectivity index (χ1v) is 9.09. The number of amides is 1. The Morgan fingerprint density at radius 3 is 2.55 bits per heavy atom. The molecule has 0 aliphatic carbocycles. The Balaban J connectivity index is 1.59. The van der Waals surface area contributed by atoms with Crippen molar-refractivity contribution in [2.45, 2.75) is 13.1 Å². The van der Waals surface area contributed by atoms with Crippen LogP contribution in [-0.2, 0) is 17.9 Å². The van der Waals surface area contributed by atoms with Crippen molar-refractivity contribution in [2.75, 3.05) is 5.32 Å². The summed E-state index contributed by atoms with van der Waals surface area (Å²) >= 11 is 0. The molecule has 2 aromatic carbocycles. The van der Waals surface area contributed by atoms with Crippen LogP contribution in [0.15, 0.2) is 88.7 Å². The molecule has 0 bridgehead atoms. The monoisotopic (exact) mass is 386 g/mol. The Morgan fingerprint density at radius 1 is 0.931 bits per heavy atom. The van der Waals surface area contributed by atoms with Gasteiger partial charge in [0.15, 0.2) is 0 Å². The van der Waals surface area contributed by atoms with Crippen molar-refractivity contribution < 1.29 is 4.79 Å². The van der Waals surface area contributed by atoms with Gasteiger partial charge in [-0.05, 0) is 17.7 Å². The number of carbonyl (C=O) groups excluding carboxylic acids is 1. The standard InChI is InChI=1S/C22H18N4O3/c27-19(24-18-10-4-8-17-9-5-12-23-21(17)18)15-26-20(28)11-13-25(22(26)29)14-16-6-2-1-3-7-16/h1-13H,14-15H2,(H,24,27). The minimum Gasteiger partial charge on any atom is -0.323 e. The summed E-state index contributed by atoms with van der Waals surface area (Å²) in [5.74, 6) is -0.472. The Hall–Kier alpha value is -4.00. The van der Waals surface area contributed by atoms with Gasteiger partial charge >= 0.3 is 5.69 Å². The molecule has 29 heavy (non-hydrogen) atoms. The van der Waals surface area contributed by atoms with E-state index in [2.05, 4.69) is 10.3 Å². The molecule has 144 valence electrons. The number of fused-ring (bicyclic) bond motifs is 1. The van der Waals surface area contributed by atoms with Gasteiger partial charge in [0.25, 0.3) is 5.56 Å². The maximum absolute atomic E-state index is 12.7. The number of para-hydroxylation sites is 1. The highest BCUT2D eigenvalue weighted by Crippen LogP contribution is 2.20. The third-order valence-corrected chi connectivity index (χ3v) is 4.54. The molecule has 0 aliphatic rings. The fourth-order valence-electron chi connectivity index (χ4n) is 3.14. The third-order valence-electron chi connectivity index (χ3n) is 4.54. The second-order valence-electron chi connectivity index (χ2n) is 6.57. The summed E-state index contributed by atoms with van der Waals surface area (Å²) in [6, 6.07) is 19.8. The van der Waals surface area contributed by atoms with E-state index in [1.54, 1.807) is 18.3 Å². The molecule has 0 saturated carbocycles. The molecule has 7 heteroatoms. The van der Waals surface area contributed by atoms with Crippen LogP contribution in [0.25, 0.3) is 10.9 Å². The summed E-state index contributed by atoms with van der Waals surface area (Å²) in [6.07, 6.45) is 3.09. The van der Waals surface area contributed by atoms with Crippen LogP contribution in [0.5, 0.6) is 0 Å². The summed E-state index contributed by atoms with van der Waals surface area (Å²) in [7, 11) is 0. The molecule has 0 fully saturated rings. The molecule has 0 atom stereocenters. The number of hydrogen-bond acceptors (Lipinski definition) is 4. The van der Waals surface area contributed by atoms with Crippen LogP contribution in [0.2, 0.25) is 0 Å². The SMILES string of the molecule is O=C(Cn1c(=O)ccn(Cc2ccccc2)c1=O)Nc1cccc2cccnc12. The first kappa shape index (κ1) is 18.4. The van der Waals surface area contributed by atoms with Gasteiger partial charge in [0.2, 0.25) is 5.91 Å². The summed E-state index contributed by atoms with van der Waals surface area (Å²) in [6.45, 7) is -0.0642. The van der Waals surface area contributed by atoms with E-state index in [9.17, 15) is 14.4 Å². The molecular weight excluding hydrogens is 368 g/mol. The summed E-state index contributed by atoms with van der Waals surface area (Å²) < 4.78 is 2.33. The van der Waals surface area contributed by atoms with E-state index < -0.39 is 17.2 Å². The maximum Gasteiger partial charge on any atom is 0.331 e. The van der Waals surface area contributed by atoms with Crippen molar-refractivity contribution in [3.63, 3.8) is 0 Å². The van der Waals surface area contributed by atoms with Crippen LogP contribution in [0.4, 0.5) is 5.69 Å². The van der Waals surface area contributed by atoms with E-state index in [1.807, 2.05) is 48.5 Å². The molecule has 4 rings (SSSR count). The minimum atomic E-state index is -0.535. The lowest BCUT2D eigenvalue weighted by molar-refractivity contribution is -0.116. The van der Waals surface area contributed by atoms with Crippen LogP contribution in [0, 0.1) is 0 Å². The Labute approximate surface area is 165 Å². The Morgan fingerprint density at radius 2 is 1.72 bits per heavy atom. The van der Waals surface area contributed by atoms with E-state index in [4.69, 9.17) is 0 Å². The molecule has 0 saturated heterocycles. The molecule has 1 amide bonds. The summed E-state index contributed by atoms with van der Waals surface area (Å²) in [5, 5.41) is 3.63. The topological polar surface area (TPSA) is 86.0 Å². The lowest BCUT2D eigenvalue weighted by Gasteiger charge is -2.11. The molecule has 0 aliphatic heterocycles. The maximum atomic E-state index is 12.7. The highest BCUT2D eigenvalue weighted by molar-refractivity contribution is 6.00. The van der Waals surface area contributed by atoms with Crippen molar-refractivity contribution in [3.8, 4) is 0 Å². The molecular formula is C22H18N4O3. The molecule has 2 aromatic heterocycles. The number of rotatable bonds is 5. The zero-order chi connectivity index (χ0) is 20.2. The van der Waals surface area contributed by atoms with Crippen molar-refractivity contribution in [3.05, 3.63) is 106 Å². The molecule has 7 nitrogen and oxygen atoms in total. The molecule has 0 spiro atoms. The molecule has 1 N–H and O–H groups in total. The van der Waals surface area contributed by atoms with E-state index in [-0.39, 0.29) is 6.54 Å². The minimum absolute atomic E-state index is 0.314. The normalized spacial score (nSPS) is 10.8. The van der Waals surface area contributed by atoms with Crippen LogP contribution < -0.4 is 16.6 Å². The lowest BCUT2D eigenvalue weighted by Crippen LogP contribution is -2.41. The predicted molar refractivity (Wildman–Crippen MR) is 111 cm³/mol. The van der Waals surface area contributed by atoms with E-state index in [0.717, 1.165) is 15.5 Å². The number of nitrogens with zero attached hydrogens (tertiary/aromatic N) is 3. The number of hydrogen-bond donors (Lipinski definition) is 1. The molecule has 0 unspecified atom stereocenters. The first-order chi connectivity index (χ1) is 14.1. The van der Waals surface area contributed by atoms with Crippen molar-refractivity contribution in [2.24, 2.45) is 0 Å². The van der Waals surface area contributed by atoms with Gasteiger partial charge in [0.05, 0.1) is 17.7 Å². The lowest BCUT2D eigenvalue weighted by atomic mass is 10.2. The number of anilines is 1. The van der Waals surface area contributed by atoms with Crippen LogP contribution in [0.3, 0.4) is 0 Å². The second-order valence-corrected chi connectivity index (χ2v) is 6.57. The quantitative estimate of drug-likeness (QED) is 0.570. The van der Waals surface area contributed by atoms with Crippen molar-refractivity contribution >= 4 is 22.5 Å². The highest BCUT2D eigenvalue weighted by atomic mass is 16.2.